The first kappa shape index (κ1) is 21.3. The number of benzene rings is 1. The summed E-state index contributed by atoms with van der Waals surface area (Å²) >= 11 is 6.19. The molecule has 0 amide bonds. The van der Waals surface area contributed by atoms with Gasteiger partial charge in [-0.3, -0.25) is 0 Å². The van der Waals surface area contributed by atoms with Gasteiger partial charge in [0.15, 0.2) is 12.4 Å². The van der Waals surface area contributed by atoms with E-state index in [1.807, 2.05) is 12.1 Å². The normalized spacial score (nSPS) is 17.6. The number of nitrogens with zero attached hydrogens (tertiary/aromatic N) is 3. The first-order valence-corrected chi connectivity index (χ1v) is 10.8. The van der Waals surface area contributed by atoms with E-state index in [0.717, 1.165) is 24.2 Å². The van der Waals surface area contributed by atoms with Crippen LogP contribution in [0.2, 0.25) is 5.28 Å². The van der Waals surface area contributed by atoms with Gasteiger partial charge in [0.05, 0.1) is 5.69 Å². The SMILES string of the molecule is CC(C)(C)c1ccc(-c2cc(N=C3COC=C(CC4=CC=CCC4)O3)nc(Cl)n2)cc1. The van der Waals surface area contributed by atoms with Crippen molar-refractivity contribution in [1.82, 2.24) is 9.97 Å². The lowest BCUT2D eigenvalue weighted by molar-refractivity contribution is 0.211. The van der Waals surface area contributed by atoms with Crippen LogP contribution < -0.4 is 0 Å². The average Bonchev–Trinajstić information content (AvgIpc) is 2.74. The third-order valence-corrected chi connectivity index (χ3v) is 5.31. The molecule has 1 aromatic heterocycles. The Morgan fingerprint density at radius 3 is 2.65 bits per heavy atom. The summed E-state index contributed by atoms with van der Waals surface area (Å²) in [5.74, 6) is 1.63. The summed E-state index contributed by atoms with van der Waals surface area (Å²) in [6, 6.07) is 10.1. The van der Waals surface area contributed by atoms with E-state index in [1.54, 1.807) is 12.3 Å². The van der Waals surface area contributed by atoms with Gasteiger partial charge in [0, 0.05) is 18.1 Å². The van der Waals surface area contributed by atoms with Gasteiger partial charge < -0.3 is 9.47 Å². The number of hydrogen-bond donors (Lipinski definition) is 0. The van der Waals surface area contributed by atoms with Crippen molar-refractivity contribution >= 4 is 23.3 Å². The number of allylic oxidation sites excluding steroid dienone is 4. The lowest BCUT2D eigenvalue weighted by Gasteiger charge is -2.19. The minimum Gasteiger partial charge on any atom is -0.488 e. The number of aliphatic imine (C=N–C) groups is 1. The van der Waals surface area contributed by atoms with Crippen molar-refractivity contribution in [3.05, 3.63) is 77.0 Å². The zero-order valence-electron chi connectivity index (χ0n) is 18.1. The fraction of sp³-hybridized carbons (Fsp3) is 0.320. The predicted octanol–water partition coefficient (Wildman–Crippen LogP) is 6.68. The van der Waals surface area contributed by atoms with Crippen LogP contribution in [0.3, 0.4) is 0 Å². The molecule has 6 heteroatoms. The van der Waals surface area contributed by atoms with Crippen molar-refractivity contribution in [2.24, 2.45) is 4.99 Å². The Morgan fingerprint density at radius 1 is 1.13 bits per heavy atom. The van der Waals surface area contributed by atoms with Gasteiger partial charge in [0.25, 0.3) is 0 Å². The molecule has 0 atom stereocenters. The highest BCUT2D eigenvalue weighted by molar-refractivity contribution is 6.28. The molecule has 2 aromatic rings. The van der Waals surface area contributed by atoms with Gasteiger partial charge >= 0.3 is 0 Å². The summed E-state index contributed by atoms with van der Waals surface area (Å²) in [4.78, 5) is 13.1. The first-order chi connectivity index (χ1) is 14.9. The lowest BCUT2D eigenvalue weighted by Crippen LogP contribution is -2.17. The fourth-order valence-corrected chi connectivity index (χ4v) is 3.62. The second-order valence-electron chi connectivity index (χ2n) is 8.68. The molecule has 0 radical (unpaired) electrons. The molecule has 31 heavy (non-hydrogen) atoms. The molecule has 1 aliphatic heterocycles. The number of ether oxygens (including phenoxy) is 2. The van der Waals surface area contributed by atoms with Crippen molar-refractivity contribution in [1.29, 1.82) is 0 Å². The van der Waals surface area contributed by atoms with Crippen LogP contribution >= 0.6 is 11.6 Å². The maximum atomic E-state index is 6.19. The Labute approximate surface area is 188 Å². The van der Waals surface area contributed by atoms with Gasteiger partial charge in [-0.1, -0.05) is 68.8 Å². The van der Waals surface area contributed by atoms with E-state index in [0.29, 0.717) is 23.8 Å². The van der Waals surface area contributed by atoms with Crippen LogP contribution in [-0.2, 0) is 14.9 Å². The molecule has 1 aromatic carbocycles. The van der Waals surface area contributed by atoms with Gasteiger partial charge in [0.1, 0.15) is 12.0 Å². The highest BCUT2D eigenvalue weighted by Gasteiger charge is 2.17. The Kier molecular flexibility index (Phi) is 6.23. The second-order valence-corrected chi connectivity index (χ2v) is 9.02. The second kappa shape index (κ2) is 9.06. The predicted molar refractivity (Wildman–Crippen MR) is 124 cm³/mol. The van der Waals surface area contributed by atoms with E-state index in [4.69, 9.17) is 21.1 Å². The van der Waals surface area contributed by atoms with Crippen LogP contribution in [0.15, 0.2) is 71.1 Å². The van der Waals surface area contributed by atoms with E-state index in [-0.39, 0.29) is 17.3 Å². The largest absolute Gasteiger partial charge is 0.488 e. The van der Waals surface area contributed by atoms with Crippen molar-refractivity contribution in [2.45, 2.75) is 45.4 Å². The zero-order chi connectivity index (χ0) is 21.8. The molecule has 0 N–H and O–H groups in total. The van der Waals surface area contributed by atoms with Crippen molar-refractivity contribution in [3.63, 3.8) is 0 Å². The van der Waals surface area contributed by atoms with E-state index in [1.165, 1.54) is 11.1 Å². The summed E-state index contributed by atoms with van der Waals surface area (Å²) in [6.07, 6.45) is 10.8. The Balaban J connectivity index is 1.53. The van der Waals surface area contributed by atoms with Gasteiger partial charge in [-0.15, -0.1) is 0 Å². The number of hydrogen-bond acceptors (Lipinski definition) is 5. The maximum absolute atomic E-state index is 6.19. The molecule has 0 saturated heterocycles. The van der Waals surface area contributed by atoms with Crippen LogP contribution in [-0.4, -0.2) is 22.5 Å². The number of aromatic nitrogens is 2. The standard InChI is InChI=1S/C25H26ClN3O2/c1-25(2,3)19-11-9-18(10-12-19)21-14-22(29-24(26)27-21)28-23-16-30-15-20(31-23)13-17-7-5-4-6-8-17/h4-5,7,9-12,14-15H,6,8,13,16H2,1-3H3. The molecular weight excluding hydrogens is 410 g/mol. The molecule has 0 unspecified atom stereocenters. The van der Waals surface area contributed by atoms with Gasteiger partial charge in [-0.05, 0) is 35.4 Å². The van der Waals surface area contributed by atoms with E-state index < -0.39 is 0 Å². The summed E-state index contributed by atoms with van der Waals surface area (Å²) < 4.78 is 11.5. The highest BCUT2D eigenvalue weighted by Crippen LogP contribution is 2.28. The van der Waals surface area contributed by atoms with E-state index in [9.17, 15) is 0 Å². The van der Waals surface area contributed by atoms with Crippen molar-refractivity contribution in [3.8, 4) is 11.3 Å². The van der Waals surface area contributed by atoms with Gasteiger partial charge in [0.2, 0.25) is 11.2 Å². The molecule has 160 valence electrons. The molecule has 0 fully saturated rings. The smallest absolute Gasteiger partial charge is 0.234 e. The molecule has 4 rings (SSSR count). The number of rotatable bonds is 4. The third kappa shape index (κ3) is 5.61. The summed E-state index contributed by atoms with van der Waals surface area (Å²) in [6.45, 7) is 6.82. The monoisotopic (exact) mass is 435 g/mol. The molecule has 0 saturated carbocycles. The van der Waals surface area contributed by atoms with Crippen LogP contribution in [0.1, 0.15) is 45.6 Å². The van der Waals surface area contributed by atoms with Crippen LogP contribution in [0.4, 0.5) is 5.82 Å². The first-order valence-electron chi connectivity index (χ1n) is 10.4. The van der Waals surface area contributed by atoms with Crippen molar-refractivity contribution in [2.75, 3.05) is 6.61 Å². The fourth-order valence-electron chi connectivity index (χ4n) is 3.45. The molecule has 1 aliphatic carbocycles. The maximum Gasteiger partial charge on any atom is 0.234 e. The van der Waals surface area contributed by atoms with Crippen molar-refractivity contribution < 1.29 is 9.47 Å². The lowest BCUT2D eigenvalue weighted by atomic mass is 9.86. The van der Waals surface area contributed by atoms with Crippen LogP contribution in [0, 0.1) is 0 Å². The zero-order valence-corrected chi connectivity index (χ0v) is 18.8. The molecule has 2 heterocycles. The van der Waals surface area contributed by atoms with Gasteiger partial charge in [-0.25, -0.2) is 4.98 Å². The van der Waals surface area contributed by atoms with Crippen LogP contribution in [0.25, 0.3) is 11.3 Å². The Morgan fingerprint density at radius 2 is 1.94 bits per heavy atom. The number of halogens is 1. The molecule has 5 nitrogen and oxygen atoms in total. The minimum absolute atomic E-state index is 0.0898. The average molecular weight is 436 g/mol. The van der Waals surface area contributed by atoms with Gasteiger partial charge in [-0.2, -0.15) is 9.98 Å². The quantitative estimate of drug-likeness (QED) is 0.502. The highest BCUT2D eigenvalue weighted by atomic mass is 35.5. The van der Waals surface area contributed by atoms with E-state index >= 15 is 0 Å². The third-order valence-electron chi connectivity index (χ3n) is 5.14. The molecular formula is C25H26ClN3O2. The molecule has 0 bridgehead atoms. The topological polar surface area (TPSA) is 56.6 Å². The minimum atomic E-state index is 0.0898. The molecule has 2 aliphatic rings. The van der Waals surface area contributed by atoms with Crippen LogP contribution in [0.5, 0.6) is 0 Å². The Bertz CT molecular complexity index is 1080. The summed E-state index contributed by atoms with van der Waals surface area (Å²) in [7, 11) is 0. The molecule has 0 spiro atoms. The van der Waals surface area contributed by atoms with E-state index in [2.05, 4.69) is 66.1 Å². The summed E-state index contributed by atoms with van der Waals surface area (Å²) in [5.41, 5.74) is 4.33. The Hall–Kier alpha value is -2.92. The summed E-state index contributed by atoms with van der Waals surface area (Å²) in [5, 5.41) is 0.142.